The minimum absolute atomic E-state index is 0.0392. The van der Waals surface area contributed by atoms with Gasteiger partial charge in [-0.3, -0.25) is 9.78 Å². The molecule has 1 amide bonds. The molecule has 0 saturated heterocycles. The highest BCUT2D eigenvalue weighted by atomic mass is 35.5. The van der Waals surface area contributed by atoms with Crippen molar-refractivity contribution in [2.24, 2.45) is 0 Å². The van der Waals surface area contributed by atoms with Crippen molar-refractivity contribution in [3.63, 3.8) is 0 Å². The first-order valence-corrected chi connectivity index (χ1v) is 9.63. The molecule has 27 heavy (non-hydrogen) atoms. The van der Waals surface area contributed by atoms with Gasteiger partial charge in [0.2, 0.25) is 0 Å². The molecule has 2 heterocycles. The lowest BCUT2D eigenvalue weighted by atomic mass is 9.98. The van der Waals surface area contributed by atoms with Crippen LogP contribution >= 0.6 is 34.8 Å². The molecule has 3 nitrogen and oxygen atoms in total. The Bertz CT molecular complexity index is 1020. The van der Waals surface area contributed by atoms with E-state index < -0.39 is 0 Å². The highest BCUT2D eigenvalue weighted by Gasteiger charge is 2.26. The van der Waals surface area contributed by atoms with E-state index in [1.54, 1.807) is 29.4 Å². The number of nitrogens with zero attached hydrogens (tertiary/aromatic N) is 2. The number of carbonyl (C=O) groups excluding carboxylic acids is 1. The summed E-state index contributed by atoms with van der Waals surface area (Å²) in [5, 5.41) is 1.88. The molecule has 1 aliphatic rings. The summed E-state index contributed by atoms with van der Waals surface area (Å²) in [5.74, 6) is -0.0392. The minimum atomic E-state index is -0.0392. The van der Waals surface area contributed by atoms with Gasteiger partial charge in [-0.25, -0.2) is 0 Å². The van der Waals surface area contributed by atoms with E-state index in [2.05, 4.69) is 4.98 Å². The van der Waals surface area contributed by atoms with Gasteiger partial charge >= 0.3 is 0 Å². The second-order valence-electron chi connectivity index (χ2n) is 6.44. The molecular weight excluding hydrogens is 403 g/mol. The Morgan fingerprint density at radius 2 is 1.78 bits per heavy atom. The van der Waals surface area contributed by atoms with Gasteiger partial charge in [-0.05, 0) is 59.5 Å². The molecule has 4 rings (SSSR count). The van der Waals surface area contributed by atoms with Crippen molar-refractivity contribution >= 4 is 46.4 Å². The van der Waals surface area contributed by atoms with Crippen LogP contribution < -0.4 is 4.90 Å². The predicted molar refractivity (Wildman–Crippen MR) is 110 cm³/mol. The first-order valence-electron chi connectivity index (χ1n) is 8.50. The van der Waals surface area contributed by atoms with Gasteiger partial charge in [0.25, 0.3) is 5.91 Å². The smallest absolute Gasteiger partial charge is 0.258 e. The number of benzene rings is 2. The number of hydrogen-bond donors (Lipinski definition) is 0. The maximum atomic E-state index is 12.9. The van der Waals surface area contributed by atoms with E-state index in [1.807, 2.05) is 30.3 Å². The van der Waals surface area contributed by atoms with Gasteiger partial charge < -0.3 is 4.90 Å². The molecule has 1 aliphatic heterocycles. The Kier molecular flexibility index (Phi) is 5.09. The van der Waals surface area contributed by atoms with E-state index in [9.17, 15) is 4.79 Å². The number of pyridine rings is 1. The van der Waals surface area contributed by atoms with Crippen molar-refractivity contribution in [1.82, 2.24) is 4.98 Å². The molecule has 0 N–H and O–H groups in total. The molecule has 6 heteroatoms. The average Bonchev–Trinajstić information content (AvgIpc) is 2.65. The number of amides is 1. The third kappa shape index (κ3) is 3.68. The molecule has 2 aromatic carbocycles. The monoisotopic (exact) mass is 416 g/mol. The Labute approximate surface area is 172 Å². The molecule has 0 unspecified atom stereocenters. The van der Waals surface area contributed by atoms with Crippen LogP contribution in [0.4, 0.5) is 5.69 Å². The second-order valence-corrected chi connectivity index (χ2v) is 7.69. The van der Waals surface area contributed by atoms with Gasteiger partial charge in [-0.15, -0.1) is 0 Å². The van der Waals surface area contributed by atoms with Crippen LogP contribution in [-0.2, 0) is 12.8 Å². The van der Waals surface area contributed by atoms with E-state index in [0.29, 0.717) is 33.6 Å². The molecule has 0 radical (unpaired) electrons. The second kappa shape index (κ2) is 7.51. The van der Waals surface area contributed by atoms with Crippen LogP contribution in [0.1, 0.15) is 27.0 Å². The third-order valence-corrected chi connectivity index (χ3v) is 5.63. The third-order valence-electron chi connectivity index (χ3n) is 4.68. The van der Waals surface area contributed by atoms with Gasteiger partial charge in [0, 0.05) is 39.8 Å². The maximum absolute atomic E-state index is 12.9. The highest BCUT2D eigenvalue weighted by molar-refractivity contribution is 6.36. The Balaban J connectivity index is 1.63. The summed E-state index contributed by atoms with van der Waals surface area (Å²) in [6.07, 6.45) is 4.78. The van der Waals surface area contributed by atoms with Crippen molar-refractivity contribution in [2.75, 3.05) is 11.4 Å². The molecule has 136 valence electrons. The fraction of sp³-hybridized carbons (Fsp3) is 0.143. The molecule has 3 aromatic rings. The number of aromatic nitrogens is 1. The lowest BCUT2D eigenvalue weighted by Crippen LogP contribution is -2.37. The summed E-state index contributed by atoms with van der Waals surface area (Å²) < 4.78 is 0. The Morgan fingerprint density at radius 1 is 1.00 bits per heavy atom. The highest BCUT2D eigenvalue weighted by Crippen LogP contribution is 2.29. The van der Waals surface area contributed by atoms with Gasteiger partial charge in [-0.1, -0.05) is 40.9 Å². The molecule has 0 atom stereocenters. The molecule has 1 aromatic heterocycles. The largest absolute Gasteiger partial charge is 0.306 e. The van der Waals surface area contributed by atoms with E-state index >= 15 is 0 Å². The number of carbonyl (C=O) groups is 1. The molecule has 0 bridgehead atoms. The standard InChI is InChI=1S/C21H15Cl3N2O/c22-15-4-5-17-14(10-15)6-7-26(21(17)27)16-8-13(11-25-12-16)9-18-19(23)2-1-3-20(18)24/h1-5,8,10-12H,6-7,9H2. The van der Waals surface area contributed by atoms with Crippen LogP contribution in [0.2, 0.25) is 15.1 Å². The normalized spacial score (nSPS) is 13.6. The summed E-state index contributed by atoms with van der Waals surface area (Å²) in [6, 6.07) is 12.8. The van der Waals surface area contributed by atoms with E-state index in [1.165, 1.54) is 0 Å². The zero-order valence-corrected chi connectivity index (χ0v) is 16.5. The SMILES string of the molecule is O=C1c2ccc(Cl)cc2CCN1c1cncc(Cc2c(Cl)cccc2Cl)c1. The fourth-order valence-electron chi connectivity index (χ4n) is 3.33. The molecule has 0 aliphatic carbocycles. The topological polar surface area (TPSA) is 33.2 Å². The predicted octanol–water partition coefficient (Wildman–Crippen LogP) is 5.84. The lowest BCUT2D eigenvalue weighted by Gasteiger charge is -2.28. The lowest BCUT2D eigenvalue weighted by molar-refractivity contribution is 0.0980. The van der Waals surface area contributed by atoms with Crippen molar-refractivity contribution in [1.29, 1.82) is 0 Å². The summed E-state index contributed by atoms with van der Waals surface area (Å²) in [7, 11) is 0. The number of rotatable bonds is 3. The van der Waals surface area contributed by atoms with Crippen LogP contribution in [0, 0.1) is 0 Å². The number of hydrogen-bond acceptors (Lipinski definition) is 2. The van der Waals surface area contributed by atoms with E-state index in [4.69, 9.17) is 34.8 Å². The summed E-state index contributed by atoms with van der Waals surface area (Å²) in [5.41, 5.74) is 4.23. The van der Waals surface area contributed by atoms with Gasteiger partial charge in [0.05, 0.1) is 11.9 Å². The fourth-order valence-corrected chi connectivity index (χ4v) is 4.05. The van der Waals surface area contributed by atoms with Crippen LogP contribution in [0.15, 0.2) is 54.9 Å². The molecule has 0 spiro atoms. The maximum Gasteiger partial charge on any atom is 0.258 e. The minimum Gasteiger partial charge on any atom is -0.306 e. The van der Waals surface area contributed by atoms with Crippen LogP contribution in [0.3, 0.4) is 0 Å². The van der Waals surface area contributed by atoms with Crippen LogP contribution in [0.25, 0.3) is 0 Å². The number of anilines is 1. The summed E-state index contributed by atoms with van der Waals surface area (Å²) in [6.45, 7) is 0.587. The van der Waals surface area contributed by atoms with Crippen molar-refractivity contribution in [3.05, 3.63) is 92.2 Å². The Morgan fingerprint density at radius 3 is 2.56 bits per heavy atom. The molecule has 0 fully saturated rings. The quantitative estimate of drug-likeness (QED) is 0.537. The van der Waals surface area contributed by atoms with Gasteiger partial charge in [0.15, 0.2) is 0 Å². The molecular formula is C21H15Cl3N2O. The summed E-state index contributed by atoms with van der Waals surface area (Å²) >= 11 is 18.6. The molecule has 0 saturated carbocycles. The van der Waals surface area contributed by atoms with E-state index in [-0.39, 0.29) is 5.91 Å². The number of fused-ring (bicyclic) bond motifs is 1. The van der Waals surface area contributed by atoms with Crippen LogP contribution in [0.5, 0.6) is 0 Å². The van der Waals surface area contributed by atoms with Crippen LogP contribution in [-0.4, -0.2) is 17.4 Å². The zero-order valence-electron chi connectivity index (χ0n) is 14.3. The first-order chi connectivity index (χ1) is 13.0. The van der Waals surface area contributed by atoms with Crippen molar-refractivity contribution < 1.29 is 4.79 Å². The van der Waals surface area contributed by atoms with Gasteiger partial charge in [-0.2, -0.15) is 0 Å². The van der Waals surface area contributed by atoms with E-state index in [0.717, 1.165) is 28.8 Å². The van der Waals surface area contributed by atoms with Gasteiger partial charge in [0.1, 0.15) is 0 Å². The van der Waals surface area contributed by atoms with Crippen molar-refractivity contribution in [3.8, 4) is 0 Å². The average molecular weight is 418 g/mol. The Hall–Kier alpha value is -2.07. The number of halogens is 3. The summed E-state index contributed by atoms with van der Waals surface area (Å²) in [4.78, 5) is 19.0. The van der Waals surface area contributed by atoms with Crippen molar-refractivity contribution in [2.45, 2.75) is 12.8 Å². The first kappa shape index (κ1) is 18.3. The zero-order chi connectivity index (χ0) is 19.0.